The maximum atomic E-state index is 13.8. The minimum absolute atomic E-state index is 0.00499. The van der Waals surface area contributed by atoms with Gasteiger partial charge in [0, 0.05) is 37.7 Å². The molecule has 3 unspecified atom stereocenters. The van der Waals surface area contributed by atoms with Gasteiger partial charge in [0.1, 0.15) is 11.6 Å². The van der Waals surface area contributed by atoms with Crippen LogP contribution >= 0.6 is 0 Å². The first-order valence-electron chi connectivity index (χ1n) is 9.00. The molecule has 1 fully saturated rings. The van der Waals surface area contributed by atoms with Crippen LogP contribution in [0.2, 0.25) is 0 Å². The zero-order chi connectivity index (χ0) is 18.4. The highest BCUT2D eigenvalue weighted by atomic mass is 19.1. The lowest BCUT2D eigenvalue weighted by Gasteiger charge is -2.21. The quantitative estimate of drug-likeness (QED) is 0.556. The number of halogens is 2. The molecule has 6 heteroatoms. The number of ether oxygens (including phenoxy) is 1. The molecule has 0 spiro atoms. The molecule has 0 saturated heterocycles. The Balaban J connectivity index is 1.82. The van der Waals surface area contributed by atoms with Gasteiger partial charge >= 0.3 is 0 Å². The molecule has 1 saturated carbocycles. The molecule has 3 atom stereocenters. The first-order chi connectivity index (χ1) is 12.0. The number of hydrogen-bond acceptors (Lipinski definition) is 2. The lowest BCUT2D eigenvalue weighted by atomic mass is 10.0. The van der Waals surface area contributed by atoms with Crippen LogP contribution in [-0.2, 0) is 4.74 Å². The first-order valence-corrected chi connectivity index (χ1v) is 9.00. The van der Waals surface area contributed by atoms with Gasteiger partial charge in [0.25, 0.3) is 0 Å². The van der Waals surface area contributed by atoms with E-state index in [1.165, 1.54) is 18.2 Å². The van der Waals surface area contributed by atoms with E-state index in [4.69, 9.17) is 4.74 Å². The highest BCUT2D eigenvalue weighted by Crippen LogP contribution is 2.42. The van der Waals surface area contributed by atoms with Crippen LogP contribution in [0.3, 0.4) is 0 Å². The van der Waals surface area contributed by atoms with Gasteiger partial charge in [0.2, 0.25) is 0 Å². The molecule has 1 aromatic rings. The summed E-state index contributed by atoms with van der Waals surface area (Å²) in [6.45, 7) is 7.72. The van der Waals surface area contributed by atoms with Crippen LogP contribution in [0.1, 0.15) is 45.1 Å². The van der Waals surface area contributed by atoms with Crippen molar-refractivity contribution in [3.8, 4) is 0 Å². The van der Waals surface area contributed by atoms with Crippen LogP contribution in [0.15, 0.2) is 23.2 Å². The fourth-order valence-electron chi connectivity index (χ4n) is 3.06. The highest BCUT2D eigenvalue weighted by molar-refractivity contribution is 5.80. The van der Waals surface area contributed by atoms with Crippen molar-refractivity contribution in [1.29, 1.82) is 0 Å². The second-order valence-electron chi connectivity index (χ2n) is 6.75. The van der Waals surface area contributed by atoms with Crippen molar-refractivity contribution in [2.24, 2.45) is 10.9 Å². The third-order valence-corrected chi connectivity index (χ3v) is 4.55. The predicted molar refractivity (Wildman–Crippen MR) is 96.9 cm³/mol. The molecule has 1 aromatic carbocycles. The summed E-state index contributed by atoms with van der Waals surface area (Å²) in [4.78, 5) is 4.19. The van der Waals surface area contributed by atoms with Gasteiger partial charge in [-0.1, -0.05) is 19.9 Å². The Labute approximate surface area is 149 Å². The van der Waals surface area contributed by atoms with E-state index in [-0.39, 0.29) is 23.6 Å². The van der Waals surface area contributed by atoms with Gasteiger partial charge in [-0.25, -0.2) is 8.78 Å². The summed E-state index contributed by atoms with van der Waals surface area (Å²) in [6.07, 6.45) is 1.78. The van der Waals surface area contributed by atoms with Gasteiger partial charge in [-0.15, -0.1) is 0 Å². The molecule has 0 radical (unpaired) electrons. The SMILES string of the molecule is CCOC(CCNC(=NC)NC1CC1c1c(F)cccc1F)C(C)C. The van der Waals surface area contributed by atoms with E-state index in [0.29, 0.717) is 24.9 Å². The van der Waals surface area contributed by atoms with E-state index in [2.05, 4.69) is 29.5 Å². The van der Waals surface area contributed by atoms with Gasteiger partial charge < -0.3 is 15.4 Å². The van der Waals surface area contributed by atoms with Crippen molar-refractivity contribution in [2.75, 3.05) is 20.2 Å². The third kappa shape index (κ3) is 5.39. The summed E-state index contributed by atoms with van der Waals surface area (Å²) in [7, 11) is 1.69. The van der Waals surface area contributed by atoms with Crippen LogP contribution in [0.25, 0.3) is 0 Å². The van der Waals surface area contributed by atoms with E-state index < -0.39 is 11.6 Å². The van der Waals surface area contributed by atoms with Crippen molar-refractivity contribution < 1.29 is 13.5 Å². The van der Waals surface area contributed by atoms with E-state index in [9.17, 15) is 8.78 Å². The molecule has 2 N–H and O–H groups in total. The molecule has 140 valence electrons. The molecule has 25 heavy (non-hydrogen) atoms. The van der Waals surface area contributed by atoms with Crippen molar-refractivity contribution in [2.45, 2.75) is 51.7 Å². The minimum Gasteiger partial charge on any atom is -0.378 e. The summed E-state index contributed by atoms with van der Waals surface area (Å²) >= 11 is 0. The number of guanidine groups is 1. The molecule has 0 aromatic heterocycles. The van der Waals surface area contributed by atoms with Crippen LogP contribution < -0.4 is 10.6 Å². The fraction of sp³-hybridized carbons (Fsp3) is 0.632. The van der Waals surface area contributed by atoms with Crippen LogP contribution in [0.4, 0.5) is 8.78 Å². The van der Waals surface area contributed by atoms with Gasteiger partial charge in [-0.3, -0.25) is 4.99 Å². The van der Waals surface area contributed by atoms with E-state index >= 15 is 0 Å². The number of nitrogens with zero attached hydrogens (tertiary/aromatic N) is 1. The summed E-state index contributed by atoms with van der Waals surface area (Å²) in [5.41, 5.74) is 0.173. The number of hydrogen-bond donors (Lipinski definition) is 2. The smallest absolute Gasteiger partial charge is 0.191 e. The Morgan fingerprint density at radius 3 is 2.56 bits per heavy atom. The Bertz CT molecular complexity index is 572. The van der Waals surface area contributed by atoms with E-state index in [1.807, 2.05) is 6.92 Å². The summed E-state index contributed by atoms with van der Waals surface area (Å²) in [5, 5.41) is 6.50. The molecule has 2 rings (SSSR count). The molecule has 0 heterocycles. The normalized spacial score (nSPS) is 21.3. The first kappa shape index (κ1) is 19.6. The third-order valence-electron chi connectivity index (χ3n) is 4.55. The van der Waals surface area contributed by atoms with Crippen molar-refractivity contribution in [3.05, 3.63) is 35.4 Å². The average molecular weight is 353 g/mol. The standard InChI is InChI=1S/C19H29F2N3O/c1-5-25-17(12(2)3)9-10-23-19(22-4)24-16-11-13(16)18-14(20)7-6-8-15(18)21/h6-8,12-13,16-17H,5,9-11H2,1-4H3,(H2,22,23,24). The Hall–Kier alpha value is -1.69. The summed E-state index contributed by atoms with van der Waals surface area (Å²) < 4.78 is 33.4. The maximum absolute atomic E-state index is 13.8. The molecule has 1 aliphatic carbocycles. The summed E-state index contributed by atoms with van der Waals surface area (Å²) in [5.74, 6) is 0.00544. The predicted octanol–water partition coefficient (Wildman–Crippen LogP) is 3.44. The fourth-order valence-corrected chi connectivity index (χ4v) is 3.06. The Morgan fingerprint density at radius 2 is 2.00 bits per heavy atom. The molecule has 0 aliphatic heterocycles. The second kappa shape index (κ2) is 9.13. The monoisotopic (exact) mass is 353 g/mol. The van der Waals surface area contributed by atoms with Crippen molar-refractivity contribution in [1.82, 2.24) is 10.6 Å². The molecule has 1 aliphatic rings. The molecular formula is C19H29F2N3O. The van der Waals surface area contributed by atoms with E-state index in [0.717, 1.165) is 13.0 Å². The Kier molecular flexibility index (Phi) is 7.17. The van der Waals surface area contributed by atoms with Crippen molar-refractivity contribution >= 4 is 5.96 Å². The minimum atomic E-state index is -0.478. The Morgan fingerprint density at radius 1 is 1.32 bits per heavy atom. The van der Waals surface area contributed by atoms with Gasteiger partial charge in [0.05, 0.1) is 6.10 Å². The van der Waals surface area contributed by atoms with Gasteiger partial charge in [-0.2, -0.15) is 0 Å². The molecule has 0 bridgehead atoms. The van der Waals surface area contributed by atoms with Gasteiger partial charge in [0.15, 0.2) is 5.96 Å². The lowest BCUT2D eigenvalue weighted by Crippen LogP contribution is -2.40. The molecular weight excluding hydrogens is 324 g/mol. The molecule has 4 nitrogen and oxygen atoms in total. The zero-order valence-corrected chi connectivity index (χ0v) is 15.5. The zero-order valence-electron chi connectivity index (χ0n) is 15.5. The highest BCUT2D eigenvalue weighted by Gasteiger charge is 2.42. The van der Waals surface area contributed by atoms with Crippen molar-refractivity contribution in [3.63, 3.8) is 0 Å². The molecule has 0 amide bonds. The lowest BCUT2D eigenvalue weighted by molar-refractivity contribution is 0.0258. The van der Waals surface area contributed by atoms with Crippen LogP contribution in [0.5, 0.6) is 0 Å². The summed E-state index contributed by atoms with van der Waals surface area (Å²) in [6, 6.07) is 4.01. The van der Waals surface area contributed by atoms with Crippen LogP contribution in [-0.4, -0.2) is 38.3 Å². The number of aliphatic imine (C=N–C) groups is 1. The van der Waals surface area contributed by atoms with Gasteiger partial charge in [-0.05, 0) is 37.8 Å². The topological polar surface area (TPSA) is 45.6 Å². The number of rotatable bonds is 8. The number of nitrogens with one attached hydrogen (secondary N) is 2. The second-order valence-corrected chi connectivity index (χ2v) is 6.75. The number of benzene rings is 1. The van der Waals surface area contributed by atoms with E-state index in [1.54, 1.807) is 7.05 Å². The average Bonchev–Trinajstić information content (AvgIpc) is 3.31. The van der Waals surface area contributed by atoms with Crippen LogP contribution in [0, 0.1) is 17.6 Å². The largest absolute Gasteiger partial charge is 0.378 e. The maximum Gasteiger partial charge on any atom is 0.191 e.